The molecular weight excluding hydrogens is 234 g/mol. The van der Waals surface area contributed by atoms with Crippen LogP contribution in [0.1, 0.15) is 42.1 Å². The first-order chi connectivity index (χ1) is 7.95. The second kappa shape index (κ2) is 4.43. The summed E-state index contributed by atoms with van der Waals surface area (Å²) in [4.78, 5) is 12.5. The Morgan fingerprint density at radius 2 is 2.24 bits per heavy atom. The zero-order valence-electron chi connectivity index (χ0n) is 10.3. The van der Waals surface area contributed by atoms with E-state index in [9.17, 15) is 4.79 Å². The highest BCUT2D eigenvalue weighted by atomic mass is 35.5. The molecule has 0 bridgehead atoms. The first-order valence-corrected chi connectivity index (χ1v) is 6.39. The van der Waals surface area contributed by atoms with Crippen molar-refractivity contribution in [1.29, 1.82) is 0 Å². The molecule has 3 heteroatoms. The SMILES string of the molecule is Cc1ccc(C(=O)C2(C)CCCC2N)cc1Cl. The van der Waals surface area contributed by atoms with Gasteiger partial charge in [0.15, 0.2) is 5.78 Å². The van der Waals surface area contributed by atoms with E-state index in [0.717, 1.165) is 24.8 Å². The van der Waals surface area contributed by atoms with E-state index in [-0.39, 0.29) is 11.8 Å². The number of nitrogens with two attached hydrogens (primary N) is 1. The van der Waals surface area contributed by atoms with Gasteiger partial charge in [-0.15, -0.1) is 0 Å². The van der Waals surface area contributed by atoms with Gasteiger partial charge in [-0.25, -0.2) is 0 Å². The molecule has 1 fully saturated rings. The Bertz CT molecular complexity index is 458. The van der Waals surface area contributed by atoms with Crippen LogP contribution in [0.2, 0.25) is 5.02 Å². The highest BCUT2D eigenvalue weighted by Crippen LogP contribution is 2.39. The minimum Gasteiger partial charge on any atom is -0.327 e. The fourth-order valence-electron chi connectivity index (χ4n) is 2.54. The lowest BCUT2D eigenvalue weighted by atomic mass is 9.78. The minimum atomic E-state index is -0.418. The van der Waals surface area contributed by atoms with Crippen LogP contribution in [-0.2, 0) is 0 Å². The summed E-state index contributed by atoms with van der Waals surface area (Å²) in [5.74, 6) is 0.129. The average Bonchev–Trinajstić information content (AvgIpc) is 2.63. The third kappa shape index (κ3) is 2.12. The summed E-state index contributed by atoms with van der Waals surface area (Å²) >= 11 is 6.06. The first kappa shape index (κ1) is 12.6. The lowest BCUT2D eigenvalue weighted by Gasteiger charge is -2.27. The first-order valence-electron chi connectivity index (χ1n) is 6.01. The Hall–Kier alpha value is -0.860. The van der Waals surface area contributed by atoms with Crippen molar-refractivity contribution in [3.05, 3.63) is 34.3 Å². The van der Waals surface area contributed by atoms with E-state index in [0.29, 0.717) is 10.6 Å². The van der Waals surface area contributed by atoms with Crippen LogP contribution in [0, 0.1) is 12.3 Å². The smallest absolute Gasteiger partial charge is 0.170 e. The minimum absolute atomic E-state index is 0.0323. The normalized spacial score (nSPS) is 28.4. The number of aryl methyl sites for hydroxylation is 1. The van der Waals surface area contributed by atoms with Gasteiger partial charge in [0.05, 0.1) is 0 Å². The maximum Gasteiger partial charge on any atom is 0.170 e. The molecule has 92 valence electrons. The predicted molar refractivity (Wildman–Crippen MR) is 70.5 cm³/mol. The van der Waals surface area contributed by atoms with Gasteiger partial charge in [0.2, 0.25) is 0 Å². The molecule has 0 aliphatic heterocycles. The lowest BCUT2D eigenvalue weighted by Crippen LogP contribution is -2.41. The molecule has 2 N–H and O–H groups in total. The molecule has 0 spiro atoms. The number of carbonyl (C=O) groups excluding carboxylic acids is 1. The fraction of sp³-hybridized carbons (Fsp3) is 0.500. The molecule has 0 saturated heterocycles. The molecule has 0 radical (unpaired) electrons. The Balaban J connectivity index is 2.34. The number of benzene rings is 1. The molecule has 2 unspecified atom stereocenters. The standard InChI is InChI=1S/C14H18ClNO/c1-9-5-6-10(8-11(9)15)13(17)14(2)7-3-4-12(14)16/h5-6,8,12H,3-4,7,16H2,1-2H3. The number of ketones is 1. The molecule has 2 nitrogen and oxygen atoms in total. The second-order valence-corrected chi connectivity index (χ2v) is 5.62. The quantitative estimate of drug-likeness (QED) is 0.820. The molecule has 0 heterocycles. The zero-order valence-corrected chi connectivity index (χ0v) is 11.1. The van der Waals surface area contributed by atoms with Crippen molar-refractivity contribution in [2.45, 2.75) is 39.2 Å². The van der Waals surface area contributed by atoms with Crippen molar-refractivity contribution in [3.8, 4) is 0 Å². The highest BCUT2D eigenvalue weighted by molar-refractivity contribution is 6.31. The van der Waals surface area contributed by atoms with Crippen LogP contribution in [-0.4, -0.2) is 11.8 Å². The van der Waals surface area contributed by atoms with Gasteiger partial charge < -0.3 is 5.73 Å². The molecule has 0 aromatic heterocycles. The van der Waals surface area contributed by atoms with E-state index >= 15 is 0 Å². The van der Waals surface area contributed by atoms with Crippen LogP contribution in [0.15, 0.2) is 18.2 Å². The Kier molecular flexibility index (Phi) is 3.28. The molecule has 1 aliphatic carbocycles. The van der Waals surface area contributed by atoms with Gasteiger partial charge in [0, 0.05) is 22.0 Å². The van der Waals surface area contributed by atoms with Crippen molar-refractivity contribution in [2.24, 2.45) is 11.1 Å². The molecule has 0 amide bonds. The topological polar surface area (TPSA) is 43.1 Å². The van der Waals surface area contributed by atoms with Gasteiger partial charge in [-0.2, -0.15) is 0 Å². The van der Waals surface area contributed by atoms with E-state index in [1.54, 1.807) is 6.07 Å². The van der Waals surface area contributed by atoms with Gasteiger partial charge in [-0.1, -0.05) is 37.1 Å². The van der Waals surface area contributed by atoms with Crippen LogP contribution in [0.4, 0.5) is 0 Å². The summed E-state index contributed by atoms with van der Waals surface area (Å²) in [7, 11) is 0. The van der Waals surface area contributed by atoms with Gasteiger partial charge >= 0.3 is 0 Å². The van der Waals surface area contributed by atoms with E-state index in [1.165, 1.54) is 0 Å². The summed E-state index contributed by atoms with van der Waals surface area (Å²) in [5, 5.41) is 0.644. The third-order valence-corrected chi connectivity index (χ3v) is 4.39. The zero-order chi connectivity index (χ0) is 12.6. The van der Waals surface area contributed by atoms with Gasteiger partial charge in [-0.3, -0.25) is 4.79 Å². The fourth-order valence-corrected chi connectivity index (χ4v) is 2.72. The lowest BCUT2D eigenvalue weighted by molar-refractivity contribution is 0.0802. The van der Waals surface area contributed by atoms with E-state index in [4.69, 9.17) is 17.3 Å². The number of carbonyl (C=O) groups is 1. The summed E-state index contributed by atoms with van der Waals surface area (Å²) in [6.45, 7) is 3.90. The molecule has 1 aromatic rings. The molecule has 17 heavy (non-hydrogen) atoms. The monoisotopic (exact) mass is 251 g/mol. The van der Waals surface area contributed by atoms with E-state index in [1.807, 2.05) is 26.0 Å². The molecule has 1 saturated carbocycles. The number of hydrogen-bond acceptors (Lipinski definition) is 2. The van der Waals surface area contributed by atoms with Crippen molar-refractivity contribution in [2.75, 3.05) is 0 Å². The number of halogens is 1. The van der Waals surface area contributed by atoms with Crippen LogP contribution in [0.3, 0.4) is 0 Å². The third-order valence-electron chi connectivity index (χ3n) is 3.98. The summed E-state index contributed by atoms with van der Waals surface area (Å²) in [6.07, 6.45) is 2.84. The summed E-state index contributed by atoms with van der Waals surface area (Å²) in [6, 6.07) is 5.46. The summed E-state index contributed by atoms with van der Waals surface area (Å²) in [5.41, 5.74) is 7.32. The van der Waals surface area contributed by atoms with Crippen LogP contribution in [0.5, 0.6) is 0 Å². The van der Waals surface area contributed by atoms with Crippen molar-refractivity contribution >= 4 is 17.4 Å². The molecule has 1 aromatic carbocycles. The van der Waals surface area contributed by atoms with Crippen LogP contribution in [0.25, 0.3) is 0 Å². The van der Waals surface area contributed by atoms with E-state index < -0.39 is 5.41 Å². The Labute approximate surface area is 107 Å². The maximum absolute atomic E-state index is 12.5. The average molecular weight is 252 g/mol. The van der Waals surface area contributed by atoms with Gasteiger partial charge in [0.1, 0.15) is 0 Å². The van der Waals surface area contributed by atoms with Crippen molar-refractivity contribution in [3.63, 3.8) is 0 Å². The maximum atomic E-state index is 12.5. The Morgan fingerprint density at radius 3 is 2.76 bits per heavy atom. The molecule has 2 rings (SSSR count). The molecule has 1 aliphatic rings. The van der Waals surface area contributed by atoms with Crippen molar-refractivity contribution < 1.29 is 4.79 Å². The van der Waals surface area contributed by atoms with Gasteiger partial charge in [0.25, 0.3) is 0 Å². The van der Waals surface area contributed by atoms with Crippen LogP contribution < -0.4 is 5.73 Å². The number of Topliss-reactive ketones (excluding diaryl/α,β-unsaturated/α-hetero) is 1. The number of rotatable bonds is 2. The van der Waals surface area contributed by atoms with Crippen molar-refractivity contribution in [1.82, 2.24) is 0 Å². The summed E-state index contributed by atoms with van der Waals surface area (Å²) < 4.78 is 0. The second-order valence-electron chi connectivity index (χ2n) is 5.21. The predicted octanol–water partition coefficient (Wildman–Crippen LogP) is 3.35. The number of hydrogen-bond donors (Lipinski definition) is 1. The van der Waals surface area contributed by atoms with E-state index in [2.05, 4.69) is 0 Å². The highest BCUT2D eigenvalue weighted by Gasteiger charge is 2.43. The van der Waals surface area contributed by atoms with Gasteiger partial charge in [-0.05, 0) is 31.4 Å². The largest absolute Gasteiger partial charge is 0.327 e. The molecule has 2 atom stereocenters. The molecular formula is C14H18ClNO. The Morgan fingerprint density at radius 1 is 1.53 bits per heavy atom. The van der Waals surface area contributed by atoms with Crippen LogP contribution >= 0.6 is 11.6 Å².